The Labute approximate surface area is 110 Å². The van der Waals surface area contributed by atoms with Crippen LogP contribution < -0.4 is 5.32 Å². The number of benzene rings is 1. The molecule has 1 aliphatic heterocycles. The van der Waals surface area contributed by atoms with Gasteiger partial charge in [0.05, 0.1) is 6.61 Å². The van der Waals surface area contributed by atoms with Gasteiger partial charge in [-0.15, -0.1) is 0 Å². The summed E-state index contributed by atoms with van der Waals surface area (Å²) in [6, 6.07) is 10.8. The molecule has 2 rings (SSSR count). The molecule has 100 valence electrons. The van der Waals surface area contributed by atoms with Crippen LogP contribution in [0.4, 0.5) is 0 Å². The fourth-order valence-electron chi connectivity index (χ4n) is 2.63. The maximum atomic E-state index is 9.49. The molecule has 2 atom stereocenters. The molecule has 1 heterocycles. The van der Waals surface area contributed by atoms with Crippen LogP contribution in [0, 0.1) is 0 Å². The van der Waals surface area contributed by atoms with E-state index < -0.39 is 0 Å². The van der Waals surface area contributed by atoms with Gasteiger partial charge in [0, 0.05) is 18.6 Å². The predicted molar refractivity (Wildman–Crippen MR) is 74.5 cm³/mol. The Bertz CT molecular complexity index is 336. The second-order valence-electron chi connectivity index (χ2n) is 5.19. The maximum Gasteiger partial charge on any atom is 0.0597 e. The van der Waals surface area contributed by atoms with E-state index in [1.807, 2.05) is 6.07 Å². The summed E-state index contributed by atoms with van der Waals surface area (Å²) >= 11 is 0. The van der Waals surface area contributed by atoms with Crippen molar-refractivity contribution in [3.63, 3.8) is 0 Å². The Kier molecular flexibility index (Phi) is 5.17. The summed E-state index contributed by atoms with van der Waals surface area (Å²) in [6.07, 6.45) is 2.60. The number of nitrogens with one attached hydrogen (secondary N) is 1. The molecule has 3 nitrogen and oxygen atoms in total. The third-order valence-corrected chi connectivity index (χ3v) is 3.68. The maximum absolute atomic E-state index is 9.49. The zero-order valence-corrected chi connectivity index (χ0v) is 11.2. The lowest BCUT2D eigenvalue weighted by Crippen LogP contribution is -2.43. The van der Waals surface area contributed by atoms with Crippen LogP contribution in [-0.2, 0) is 0 Å². The van der Waals surface area contributed by atoms with E-state index in [1.54, 1.807) is 0 Å². The van der Waals surface area contributed by atoms with Crippen molar-refractivity contribution in [3.05, 3.63) is 35.9 Å². The number of likely N-dealkylation sites (tertiary alicyclic amines) is 1. The minimum atomic E-state index is 0.165. The van der Waals surface area contributed by atoms with Crippen LogP contribution in [0.5, 0.6) is 0 Å². The van der Waals surface area contributed by atoms with Crippen molar-refractivity contribution in [2.75, 3.05) is 26.2 Å². The molecule has 0 aromatic heterocycles. The van der Waals surface area contributed by atoms with Crippen LogP contribution in [0.3, 0.4) is 0 Å². The van der Waals surface area contributed by atoms with E-state index in [-0.39, 0.29) is 18.7 Å². The standard InChI is InChI=1S/C15H24N2O/c1-13(14-7-3-2-4-8-14)16-15(12-18)11-17-9-5-6-10-17/h2-4,7-8,13,15-16,18H,5-6,9-12H2,1H3/t13-,15+/m0/s1. The lowest BCUT2D eigenvalue weighted by atomic mass is 10.1. The zero-order valence-electron chi connectivity index (χ0n) is 11.2. The van der Waals surface area contributed by atoms with Crippen molar-refractivity contribution in [3.8, 4) is 0 Å². The molecule has 0 bridgehead atoms. The number of hydrogen-bond donors (Lipinski definition) is 2. The Balaban J connectivity index is 1.85. The van der Waals surface area contributed by atoms with Crippen LogP contribution >= 0.6 is 0 Å². The largest absolute Gasteiger partial charge is 0.395 e. The van der Waals surface area contributed by atoms with Gasteiger partial charge in [0.25, 0.3) is 0 Å². The topological polar surface area (TPSA) is 35.5 Å². The molecule has 18 heavy (non-hydrogen) atoms. The third-order valence-electron chi connectivity index (χ3n) is 3.68. The Morgan fingerprint density at radius 3 is 2.50 bits per heavy atom. The predicted octanol–water partition coefficient (Wildman–Crippen LogP) is 1.79. The number of nitrogens with zero attached hydrogens (tertiary/aromatic N) is 1. The van der Waals surface area contributed by atoms with Crippen LogP contribution in [0.1, 0.15) is 31.4 Å². The van der Waals surface area contributed by atoms with Gasteiger partial charge in [0.2, 0.25) is 0 Å². The molecule has 1 fully saturated rings. The average Bonchev–Trinajstić information content (AvgIpc) is 2.91. The SMILES string of the molecule is C[C@H](N[C@@H](CO)CN1CCCC1)c1ccccc1. The summed E-state index contributed by atoms with van der Waals surface area (Å²) in [5.41, 5.74) is 1.28. The molecule has 0 spiro atoms. The minimum Gasteiger partial charge on any atom is -0.395 e. The first-order valence-corrected chi connectivity index (χ1v) is 6.94. The number of aliphatic hydroxyl groups excluding tert-OH is 1. The normalized spacial score (nSPS) is 19.9. The highest BCUT2D eigenvalue weighted by Crippen LogP contribution is 2.13. The van der Waals surface area contributed by atoms with E-state index in [0.29, 0.717) is 0 Å². The summed E-state index contributed by atoms with van der Waals surface area (Å²) in [7, 11) is 0. The molecule has 0 radical (unpaired) electrons. The van der Waals surface area contributed by atoms with Gasteiger partial charge in [-0.25, -0.2) is 0 Å². The van der Waals surface area contributed by atoms with E-state index in [9.17, 15) is 5.11 Å². The molecule has 3 heteroatoms. The first-order valence-electron chi connectivity index (χ1n) is 6.94. The van der Waals surface area contributed by atoms with Gasteiger partial charge in [-0.2, -0.15) is 0 Å². The summed E-state index contributed by atoms with van der Waals surface area (Å²) < 4.78 is 0. The first kappa shape index (κ1) is 13.5. The van der Waals surface area contributed by atoms with Gasteiger partial charge in [0.15, 0.2) is 0 Å². The Morgan fingerprint density at radius 1 is 1.22 bits per heavy atom. The van der Waals surface area contributed by atoms with E-state index in [1.165, 1.54) is 31.5 Å². The van der Waals surface area contributed by atoms with Crippen LogP contribution in [0.25, 0.3) is 0 Å². The van der Waals surface area contributed by atoms with E-state index in [2.05, 4.69) is 41.4 Å². The molecular formula is C15H24N2O. The highest BCUT2D eigenvalue weighted by atomic mass is 16.3. The summed E-state index contributed by atoms with van der Waals surface area (Å²) in [4.78, 5) is 2.44. The third kappa shape index (κ3) is 3.80. The fraction of sp³-hybridized carbons (Fsp3) is 0.600. The van der Waals surface area contributed by atoms with Crippen molar-refractivity contribution in [1.82, 2.24) is 10.2 Å². The fourth-order valence-corrected chi connectivity index (χ4v) is 2.63. The van der Waals surface area contributed by atoms with E-state index in [0.717, 1.165) is 6.54 Å². The lowest BCUT2D eigenvalue weighted by Gasteiger charge is -2.26. The quantitative estimate of drug-likeness (QED) is 0.806. The highest BCUT2D eigenvalue weighted by Gasteiger charge is 2.18. The van der Waals surface area contributed by atoms with E-state index >= 15 is 0 Å². The highest BCUT2D eigenvalue weighted by molar-refractivity contribution is 5.18. The van der Waals surface area contributed by atoms with Crippen molar-refractivity contribution < 1.29 is 5.11 Å². The Hall–Kier alpha value is -0.900. The smallest absolute Gasteiger partial charge is 0.0597 e. The number of rotatable bonds is 6. The van der Waals surface area contributed by atoms with Crippen LogP contribution in [0.2, 0.25) is 0 Å². The summed E-state index contributed by atoms with van der Waals surface area (Å²) in [5.74, 6) is 0. The number of hydrogen-bond acceptors (Lipinski definition) is 3. The minimum absolute atomic E-state index is 0.165. The van der Waals surface area contributed by atoms with E-state index in [4.69, 9.17) is 0 Å². The van der Waals surface area contributed by atoms with Crippen molar-refractivity contribution >= 4 is 0 Å². The second kappa shape index (κ2) is 6.88. The van der Waals surface area contributed by atoms with Crippen molar-refractivity contribution in [1.29, 1.82) is 0 Å². The van der Waals surface area contributed by atoms with Gasteiger partial charge in [-0.3, -0.25) is 0 Å². The average molecular weight is 248 g/mol. The summed E-state index contributed by atoms with van der Waals surface area (Å²) in [5, 5.41) is 13.0. The Morgan fingerprint density at radius 2 is 1.89 bits per heavy atom. The van der Waals surface area contributed by atoms with Gasteiger partial charge in [-0.05, 0) is 38.4 Å². The molecule has 1 aromatic carbocycles. The van der Waals surface area contributed by atoms with Gasteiger partial charge < -0.3 is 15.3 Å². The van der Waals surface area contributed by atoms with Gasteiger partial charge in [0.1, 0.15) is 0 Å². The van der Waals surface area contributed by atoms with Crippen LogP contribution in [-0.4, -0.2) is 42.3 Å². The molecule has 2 N–H and O–H groups in total. The zero-order chi connectivity index (χ0) is 12.8. The second-order valence-corrected chi connectivity index (χ2v) is 5.19. The number of aliphatic hydroxyl groups is 1. The lowest BCUT2D eigenvalue weighted by molar-refractivity contribution is 0.190. The molecule has 1 aromatic rings. The first-order chi connectivity index (χ1) is 8.79. The molecule has 0 saturated carbocycles. The van der Waals surface area contributed by atoms with Gasteiger partial charge >= 0.3 is 0 Å². The molecule has 1 saturated heterocycles. The molecule has 1 aliphatic rings. The molecule has 0 aliphatic carbocycles. The molecule has 0 amide bonds. The monoisotopic (exact) mass is 248 g/mol. The van der Waals surface area contributed by atoms with Crippen molar-refractivity contribution in [2.45, 2.75) is 31.8 Å². The molecule has 0 unspecified atom stereocenters. The van der Waals surface area contributed by atoms with Crippen LogP contribution in [0.15, 0.2) is 30.3 Å². The molecular weight excluding hydrogens is 224 g/mol. The van der Waals surface area contributed by atoms with Crippen molar-refractivity contribution in [2.24, 2.45) is 0 Å². The van der Waals surface area contributed by atoms with Gasteiger partial charge in [-0.1, -0.05) is 30.3 Å². The summed E-state index contributed by atoms with van der Waals surface area (Å²) in [6.45, 7) is 5.67.